The summed E-state index contributed by atoms with van der Waals surface area (Å²) in [5, 5.41) is 18.9. The molecule has 1 fully saturated rings. The van der Waals surface area contributed by atoms with Crippen LogP contribution in [0.1, 0.15) is 12.5 Å². The molecule has 6 nitrogen and oxygen atoms in total. The Labute approximate surface area is 116 Å². The summed E-state index contributed by atoms with van der Waals surface area (Å²) in [6, 6.07) is 8.07. The van der Waals surface area contributed by atoms with E-state index in [1.165, 1.54) is 0 Å². The first kappa shape index (κ1) is 14.3. The maximum atomic E-state index is 12.0. The fraction of sp³-hybridized carbons (Fsp3) is 0.429. The lowest BCUT2D eigenvalue weighted by molar-refractivity contribution is -0.143. The first-order valence-corrected chi connectivity index (χ1v) is 6.39. The minimum atomic E-state index is -1.13. The minimum absolute atomic E-state index is 0.0221. The van der Waals surface area contributed by atoms with Gasteiger partial charge in [0.2, 0.25) is 0 Å². The van der Waals surface area contributed by atoms with Crippen molar-refractivity contribution in [2.24, 2.45) is 5.92 Å². The standard InChI is InChI=1S/C14H17NO5/c1-9-11(16)7-15(12(9)13(17)18)14(19)20-8-10-5-3-2-4-6-10/h2-6,9,11-12,16H,7-8H2,1H3,(H,17,18)/t9-,11-,12-/m0/s1. The van der Waals surface area contributed by atoms with Gasteiger partial charge < -0.3 is 14.9 Å². The zero-order chi connectivity index (χ0) is 14.7. The number of aliphatic hydroxyl groups is 1. The highest BCUT2D eigenvalue weighted by atomic mass is 16.6. The number of ether oxygens (including phenoxy) is 1. The molecule has 1 aromatic rings. The molecule has 108 valence electrons. The van der Waals surface area contributed by atoms with Crippen LogP contribution in [0.2, 0.25) is 0 Å². The van der Waals surface area contributed by atoms with Crippen molar-refractivity contribution in [1.82, 2.24) is 4.90 Å². The molecule has 6 heteroatoms. The molecular weight excluding hydrogens is 262 g/mol. The number of benzene rings is 1. The summed E-state index contributed by atoms with van der Waals surface area (Å²) in [6.07, 6.45) is -1.56. The third-order valence-corrected chi connectivity index (χ3v) is 3.52. The van der Waals surface area contributed by atoms with E-state index in [0.717, 1.165) is 10.5 Å². The maximum absolute atomic E-state index is 12.0. The van der Waals surface area contributed by atoms with Gasteiger partial charge in [0.1, 0.15) is 12.6 Å². The van der Waals surface area contributed by atoms with E-state index >= 15 is 0 Å². The molecule has 20 heavy (non-hydrogen) atoms. The van der Waals surface area contributed by atoms with Gasteiger partial charge in [-0.05, 0) is 5.56 Å². The van der Waals surface area contributed by atoms with Gasteiger partial charge in [-0.25, -0.2) is 9.59 Å². The maximum Gasteiger partial charge on any atom is 0.410 e. The lowest BCUT2D eigenvalue weighted by Crippen LogP contribution is -2.43. The van der Waals surface area contributed by atoms with Crippen LogP contribution < -0.4 is 0 Å². The zero-order valence-electron chi connectivity index (χ0n) is 11.1. The van der Waals surface area contributed by atoms with Gasteiger partial charge in [-0.3, -0.25) is 4.90 Å². The Morgan fingerprint density at radius 2 is 2.00 bits per heavy atom. The predicted octanol–water partition coefficient (Wildman–Crippen LogP) is 1.09. The number of nitrogens with zero attached hydrogens (tertiary/aromatic N) is 1. The summed E-state index contributed by atoms with van der Waals surface area (Å²) in [6.45, 7) is 1.66. The van der Waals surface area contributed by atoms with E-state index in [1.807, 2.05) is 30.3 Å². The molecule has 1 aliphatic rings. The Morgan fingerprint density at radius 1 is 1.35 bits per heavy atom. The van der Waals surface area contributed by atoms with Crippen LogP contribution in [0.5, 0.6) is 0 Å². The molecule has 0 radical (unpaired) electrons. The van der Waals surface area contributed by atoms with Crippen LogP contribution in [-0.2, 0) is 16.1 Å². The average Bonchev–Trinajstić information content (AvgIpc) is 2.73. The first-order chi connectivity index (χ1) is 9.50. The number of hydrogen-bond acceptors (Lipinski definition) is 4. The van der Waals surface area contributed by atoms with Gasteiger partial charge in [0, 0.05) is 5.92 Å². The van der Waals surface area contributed by atoms with E-state index in [1.54, 1.807) is 6.92 Å². The van der Waals surface area contributed by atoms with Crippen molar-refractivity contribution in [2.45, 2.75) is 25.7 Å². The number of likely N-dealkylation sites (tertiary alicyclic amines) is 1. The Balaban J connectivity index is 1.99. The number of β-amino-alcohol motifs (C(OH)–C–C–N with tert-alkyl or cyclic N) is 1. The van der Waals surface area contributed by atoms with Gasteiger partial charge in [0.25, 0.3) is 0 Å². The normalized spacial score (nSPS) is 25.5. The van der Waals surface area contributed by atoms with Crippen LogP contribution in [0, 0.1) is 5.92 Å². The van der Waals surface area contributed by atoms with Crippen molar-refractivity contribution in [3.8, 4) is 0 Å². The molecule has 0 unspecified atom stereocenters. The van der Waals surface area contributed by atoms with E-state index in [9.17, 15) is 14.7 Å². The summed E-state index contributed by atoms with van der Waals surface area (Å²) < 4.78 is 5.10. The van der Waals surface area contributed by atoms with Crippen molar-refractivity contribution >= 4 is 12.1 Å². The van der Waals surface area contributed by atoms with Crippen LogP contribution in [0.25, 0.3) is 0 Å². The highest BCUT2D eigenvalue weighted by Crippen LogP contribution is 2.25. The number of carboxylic acid groups (broad SMARTS) is 1. The van der Waals surface area contributed by atoms with Gasteiger partial charge >= 0.3 is 12.1 Å². The quantitative estimate of drug-likeness (QED) is 0.864. The number of carbonyl (C=O) groups is 2. The topological polar surface area (TPSA) is 87.1 Å². The smallest absolute Gasteiger partial charge is 0.410 e. The largest absolute Gasteiger partial charge is 0.480 e. The van der Waals surface area contributed by atoms with Crippen LogP contribution in [0.3, 0.4) is 0 Å². The second-order valence-corrected chi connectivity index (χ2v) is 4.90. The van der Waals surface area contributed by atoms with Gasteiger partial charge in [-0.1, -0.05) is 37.3 Å². The van der Waals surface area contributed by atoms with Crippen LogP contribution in [0.4, 0.5) is 4.79 Å². The molecule has 3 atom stereocenters. The number of aliphatic carboxylic acids is 1. The van der Waals surface area contributed by atoms with Crippen LogP contribution in [0.15, 0.2) is 30.3 Å². The number of rotatable bonds is 3. The van der Waals surface area contributed by atoms with Crippen molar-refractivity contribution in [2.75, 3.05) is 6.54 Å². The average molecular weight is 279 g/mol. The van der Waals surface area contributed by atoms with Gasteiger partial charge in [0.15, 0.2) is 0 Å². The van der Waals surface area contributed by atoms with Gasteiger partial charge in [0.05, 0.1) is 12.6 Å². The first-order valence-electron chi connectivity index (χ1n) is 6.39. The lowest BCUT2D eigenvalue weighted by Gasteiger charge is -2.22. The molecule has 1 amide bonds. The Hall–Kier alpha value is -2.08. The van der Waals surface area contributed by atoms with Crippen LogP contribution >= 0.6 is 0 Å². The molecule has 0 aliphatic carbocycles. The van der Waals surface area contributed by atoms with Crippen molar-refractivity contribution in [1.29, 1.82) is 0 Å². The zero-order valence-corrected chi connectivity index (χ0v) is 11.1. The Bertz CT molecular complexity index is 490. The molecule has 1 heterocycles. The van der Waals surface area contributed by atoms with Crippen molar-refractivity contribution in [3.63, 3.8) is 0 Å². The van der Waals surface area contributed by atoms with E-state index < -0.39 is 30.1 Å². The number of carboxylic acids is 1. The second kappa shape index (κ2) is 5.92. The van der Waals surface area contributed by atoms with E-state index in [2.05, 4.69) is 0 Å². The highest BCUT2D eigenvalue weighted by Gasteiger charge is 2.45. The molecule has 2 rings (SSSR count). The van der Waals surface area contributed by atoms with E-state index in [4.69, 9.17) is 9.84 Å². The van der Waals surface area contributed by atoms with Crippen LogP contribution in [-0.4, -0.2) is 45.9 Å². The van der Waals surface area contributed by atoms with E-state index in [-0.39, 0.29) is 13.2 Å². The molecule has 0 bridgehead atoms. The predicted molar refractivity (Wildman–Crippen MR) is 69.9 cm³/mol. The number of amides is 1. The molecule has 0 aromatic heterocycles. The summed E-state index contributed by atoms with van der Waals surface area (Å²) in [5.41, 5.74) is 0.820. The third kappa shape index (κ3) is 2.91. The number of carbonyl (C=O) groups excluding carboxylic acids is 1. The molecule has 1 saturated heterocycles. The van der Waals surface area contributed by atoms with Gasteiger partial charge in [-0.15, -0.1) is 0 Å². The van der Waals surface area contributed by atoms with E-state index in [0.29, 0.717) is 0 Å². The third-order valence-electron chi connectivity index (χ3n) is 3.52. The molecule has 2 N–H and O–H groups in total. The number of hydrogen-bond donors (Lipinski definition) is 2. The van der Waals surface area contributed by atoms with Crippen molar-refractivity contribution in [3.05, 3.63) is 35.9 Å². The molecule has 1 aliphatic heterocycles. The Morgan fingerprint density at radius 3 is 2.60 bits per heavy atom. The SMILES string of the molecule is C[C@@H]1[C@@H](C(=O)O)N(C(=O)OCc2ccccc2)C[C@@H]1O. The summed E-state index contributed by atoms with van der Waals surface area (Å²) >= 11 is 0. The summed E-state index contributed by atoms with van der Waals surface area (Å²) in [7, 11) is 0. The summed E-state index contributed by atoms with van der Waals surface area (Å²) in [4.78, 5) is 24.2. The Kier molecular flexibility index (Phi) is 4.24. The molecular formula is C14H17NO5. The fourth-order valence-corrected chi connectivity index (χ4v) is 2.32. The minimum Gasteiger partial charge on any atom is -0.480 e. The van der Waals surface area contributed by atoms with Gasteiger partial charge in [-0.2, -0.15) is 0 Å². The molecule has 1 aromatic carbocycles. The molecule has 0 saturated carbocycles. The fourth-order valence-electron chi connectivity index (χ4n) is 2.32. The lowest BCUT2D eigenvalue weighted by atomic mass is 10.0. The second-order valence-electron chi connectivity index (χ2n) is 4.90. The highest BCUT2D eigenvalue weighted by molar-refractivity contribution is 5.81. The van der Waals surface area contributed by atoms with Crippen molar-refractivity contribution < 1.29 is 24.5 Å². The monoisotopic (exact) mass is 279 g/mol. The summed E-state index contributed by atoms with van der Waals surface area (Å²) in [5.74, 6) is -1.65. The molecule has 0 spiro atoms. The number of aliphatic hydroxyl groups excluding tert-OH is 1.